The Kier molecular flexibility index (Phi) is 5.71. The summed E-state index contributed by atoms with van der Waals surface area (Å²) in [6.07, 6.45) is 4.69. The van der Waals surface area contributed by atoms with Gasteiger partial charge in [-0.2, -0.15) is 4.57 Å². The standard InChI is InChI=1S/C29H30N8OS/c1-15(30)28(38)34-26-19-13-37(14-20(19)26)27-25-17-6-4-7-21(31-2)18(17)11-23(25)33-29(35-27)39-16-10-24-22(32-12-16)8-5-9-36(24)3/h4-10,12,15,19-20,26,31H,11,13-14,30H2,1-3H3/p+1. The number of nitrogens with zero attached hydrogens (tertiary/aromatic N) is 5. The van der Waals surface area contributed by atoms with Gasteiger partial charge in [0.1, 0.15) is 18.4 Å². The molecule has 4 heterocycles. The molecule has 9 nitrogen and oxygen atoms in total. The molecular weight excluding hydrogens is 508 g/mol. The summed E-state index contributed by atoms with van der Waals surface area (Å²) in [5.74, 6) is 1.75. The molecule has 7 rings (SSSR count). The number of fused-ring (bicyclic) bond motifs is 5. The van der Waals surface area contributed by atoms with Crippen LogP contribution in [0.3, 0.4) is 0 Å². The maximum Gasteiger partial charge on any atom is 0.236 e. The number of hydrogen-bond donors (Lipinski definition) is 3. The fourth-order valence-corrected chi connectivity index (χ4v) is 6.91. The molecule has 3 aromatic heterocycles. The molecule has 0 spiro atoms. The van der Waals surface area contributed by atoms with Crippen molar-refractivity contribution in [2.75, 3.05) is 30.4 Å². The van der Waals surface area contributed by atoms with Crippen LogP contribution in [0.1, 0.15) is 18.2 Å². The molecule has 1 aromatic carbocycles. The monoisotopic (exact) mass is 539 g/mol. The topological polar surface area (TPSA) is 113 Å². The number of carbonyl (C=O) groups is 1. The van der Waals surface area contributed by atoms with E-state index in [-0.39, 0.29) is 11.9 Å². The Labute approximate surface area is 231 Å². The average Bonchev–Trinajstić information content (AvgIpc) is 3.25. The summed E-state index contributed by atoms with van der Waals surface area (Å²) in [5, 5.41) is 7.20. The van der Waals surface area contributed by atoms with Crippen molar-refractivity contribution in [1.29, 1.82) is 0 Å². The third-order valence-corrected chi connectivity index (χ3v) is 9.07. The summed E-state index contributed by atoms with van der Waals surface area (Å²) in [4.78, 5) is 30.4. The van der Waals surface area contributed by atoms with Crippen molar-refractivity contribution in [3.05, 3.63) is 60.0 Å². The SMILES string of the molecule is CNc1cccc2c1Cc1nc(Sc3cnc4ccc[n+](C)c4c3)nc(N3CC4C(C3)C4NC(=O)C(C)N)c1-2. The van der Waals surface area contributed by atoms with Crippen molar-refractivity contribution in [3.8, 4) is 11.1 Å². The lowest BCUT2D eigenvalue weighted by Crippen LogP contribution is -2.42. The molecule has 3 atom stereocenters. The Hall–Kier alpha value is -3.76. The van der Waals surface area contributed by atoms with Gasteiger partial charge in [0.25, 0.3) is 0 Å². The molecule has 0 radical (unpaired) electrons. The summed E-state index contributed by atoms with van der Waals surface area (Å²) >= 11 is 1.55. The molecule has 0 bridgehead atoms. The van der Waals surface area contributed by atoms with Gasteiger partial charge in [-0.1, -0.05) is 12.1 Å². The molecule has 1 aliphatic heterocycles. The third-order valence-electron chi connectivity index (χ3n) is 8.24. The van der Waals surface area contributed by atoms with Gasteiger partial charge in [0.05, 0.1) is 11.7 Å². The maximum absolute atomic E-state index is 12.2. The average molecular weight is 540 g/mol. The maximum atomic E-state index is 12.2. The predicted octanol–water partition coefficient (Wildman–Crippen LogP) is 2.51. The lowest BCUT2D eigenvalue weighted by atomic mass is 10.1. The number of rotatable bonds is 6. The summed E-state index contributed by atoms with van der Waals surface area (Å²) < 4.78 is 2.08. The molecule has 198 valence electrons. The van der Waals surface area contributed by atoms with E-state index in [1.54, 1.807) is 18.7 Å². The van der Waals surface area contributed by atoms with Gasteiger partial charge < -0.3 is 21.3 Å². The summed E-state index contributed by atoms with van der Waals surface area (Å²) in [5.41, 5.74) is 13.6. The van der Waals surface area contributed by atoms with Gasteiger partial charge in [-0.3, -0.25) is 4.79 Å². The first kappa shape index (κ1) is 24.3. The van der Waals surface area contributed by atoms with Crippen LogP contribution >= 0.6 is 11.8 Å². The number of aryl methyl sites for hydroxylation is 1. The number of carbonyl (C=O) groups excluding carboxylic acids is 1. The first-order valence-corrected chi connectivity index (χ1v) is 14.2. The van der Waals surface area contributed by atoms with Crippen molar-refractivity contribution in [1.82, 2.24) is 20.3 Å². The minimum Gasteiger partial charge on any atom is -0.388 e. The van der Waals surface area contributed by atoms with Gasteiger partial charge in [0.15, 0.2) is 11.4 Å². The van der Waals surface area contributed by atoms with Gasteiger partial charge in [-0.15, -0.1) is 0 Å². The third kappa shape index (κ3) is 4.09. The lowest BCUT2D eigenvalue weighted by Gasteiger charge is -2.24. The molecule has 2 fully saturated rings. The van der Waals surface area contributed by atoms with Gasteiger partial charge in [-0.25, -0.2) is 15.0 Å². The zero-order valence-corrected chi connectivity index (χ0v) is 23.0. The molecule has 10 heteroatoms. The zero-order valence-electron chi connectivity index (χ0n) is 22.2. The fourth-order valence-electron chi connectivity index (χ4n) is 6.13. The van der Waals surface area contributed by atoms with E-state index in [0.717, 1.165) is 63.4 Å². The Morgan fingerprint density at radius 2 is 2.03 bits per heavy atom. The van der Waals surface area contributed by atoms with Crippen LogP contribution < -0.4 is 25.8 Å². The highest BCUT2D eigenvalue weighted by atomic mass is 32.2. The van der Waals surface area contributed by atoms with Crippen molar-refractivity contribution in [2.45, 2.75) is 35.5 Å². The number of nitrogens with one attached hydrogen (secondary N) is 2. The number of aromatic nitrogens is 4. The van der Waals surface area contributed by atoms with E-state index in [1.165, 1.54) is 11.1 Å². The number of pyridine rings is 2. The van der Waals surface area contributed by atoms with Crippen LogP contribution in [-0.4, -0.2) is 53.1 Å². The molecule has 1 saturated heterocycles. The second kappa shape index (κ2) is 9.17. The quantitative estimate of drug-likeness (QED) is 0.223. The minimum absolute atomic E-state index is 0.0755. The van der Waals surface area contributed by atoms with Crippen LogP contribution in [0.15, 0.2) is 58.8 Å². The number of benzene rings is 1. The van der Waals surface area contributed by atoms with Crippen LogP contribution in [0, 0.1) is 11.8 Å². The second-order valence-electron chi connectivity index (χ2n) is 10.8. The van der Waals surface area contributed by atoms with E-state index in [1.807, 2.05) is 38.6 Å². The molecule has 1 amide bonds. The van der Waals surface area contributed by atoms with Crippen LogP contribution in [0.25, 0.3) is 22.2 Å². The lowest BCUT2D eigenvalue weighted by molar-refractivity contribution is -0.645. The number of piperidine rings is 1. The normalized spacial score (nSPS) is 21.3. The van der Waals surface area contributed by atoms with Crippen molar-refractivity contribution in [2.24, 2.45) is 24.6 Å². The first-order chi connectivity index (χ1) is 18.9. The molecule has 1 saturated carbocycles. The Morgan fingerprint density at radius 3 is 2.79 bits per heavy atom. The highest BCUT2D eigenvalue weighted by Gasteiger charge is 2.57. The molecule has 3 unspecified atom stereocenters. The first-order valence-electron chi connectivity index (χ1n) is 13.4. The van der Waals surface area contributed by atoms with E-state index in [9.17, 15) is 4.79 Å². The highest BCUT2D eigenvalue weighted by Crippen LogP contribution is 2.51. The smallest absolute Gasteiger partial charge is 0.236 e. The summed E-state index contributed by atoms with van der Waals surface area (Å²) in [6, 6.07) is 12.3. The number of anilines is 2. The summed E-state index contributed by atoms with van der Waals surface area (Å²) in [7, 11) is 3.99. The molecule has 2 aliphatic carbocycles. The molecule has 39 heavy (non-hydrogen) atoms. The largest absolute Gasteiger partial charge is 0.388 e. The van der Waals surface area contributed by atoms with Gasteiger partial charge in [0.2, 0.25) is 11.4 Å². The predicted molar refractivity (Wildman–Crippen MR) is 152 cm³/mol. The fraction of sp³-hybridized carbons (Fsp3) is 0.345. The Bertz CT molecular complexity index is 1630. The van der Waals surface area contributed by atoms with E-state index in [0.29, 0.717) is 11.8 Å². The van der Waals surface area contributed by atoms with E-state index < -0.39 is 6.04 Å². The van der Waals surface area contributed by atoms with Crippen LogP contribution in [0.4, 0.5) is 11.5 Å². The zero-order chi connectivity index (χ0) is 26.8. The highest BCUT2D eigenvalue weighted by molar-refractivity contribution is 7.99. The van der Waals surface area contributed by atoms with Crippen molar-refractivity contribution >= 4 is 40.2 Å². The van der Waals surface area contributed by atoms with Crippen molar-refractivity contribution < 1.29 is 9.36 Å². The molecular formula is C29H31N8OS+. The van der Waals surface area contributed by atoms with Crippen LogP contribution in [-0.2, 0) is 18.3 Å². The second-order valence-corrected chi connectivity index (χ2v) is 11.8. The van der Waals surface area contributed by atoms with Gasteiger partial charge in [0, 0.05) is 78.9 Å². The molecule has 3 aliphatic rings. The van der Waals surface area contributed by atoms with Crippen LogP contribution in [0.2, 0.25) is 0 Å². The molecule has 4 N–H and O–H groups in total. The van der Waals surface area contributed by atoms with E-state index >= 15 is 0 Å². The Balaban J connectivity index is 1.24. The minimum atomic E-state index is -0.489. The number of amides is 1. The van der Waals surface area contributed by atoms with Gasteiger partial charge in [-0.05, 0) is 41.9 Å². The van der Waals surface area contributed by atoms with E-state index in [2.05, 4.69) is 49.4 Å². The van der Waals surface area contributed by atoms with Crippen molar-refractivity contribution in [3.63, 3.8) is 0 Å². The molecule has 4 aromatic rings. The van der Waals surface area contributed by atoms with Crippen LogP contribution in [0.5, 0.6) is 0 Å². The number of nitrogens with two attached hydrogens (primary N) is 1. The Morgan fingerprint density at radius 1 is 1.21 bits per heavy atom. The van der Waals surface area contributed by atoms with E-state index in [4.69, 9.17) is 15.7 Å². The number of hydrogen-bond acceptors (Lipinski definition) is 8. The van der Waals surface area contributed by atoms with Gasteiger partial charge >= 0.3 is 0 Å². The summed E-state index contributed by atoms with van der Waals surface area (Å²) in [6.45, 7) is 3.44.